The second-order valence-corrected chi connectivity index (χ2v) is 7.84. The van der Waals surface area contributed by atoms with Crippen LogP contribution in [-0.4, -0.2) is 49.2 Å². The number of carbonyl (C=O) groups excluding carboxylic acids is 1. The third-order valence-electron chi connectivity index (χ3n) is 5.58. The molecule has 9 nitrogen and oxygen atoms in total. The minimum absolute atomic E-state index is 0.0140. The fraction of sp³-hybridized carbons (Fsp3) is 0.160. The van der Waals surface area contributed by atoms with E-state index in [0.29, 0.717) is 11.0 Å². The summed E-state index contributed by atoms with van der Waals surface area (Å²) >= 11 is 0. The van der Waals surface area contributed by atoms with Crippen LogP contribution >= 0.6 is 0 Å². The van der Waals surface area contributed by atoms with Gasteiger partial charge >= 0.3 is 5.97 Å². The van der Waals surface area contributed by atoms with Crippen LogP contribution in [0.15, 0.2) is 55.0 Å². The number of halogens is 3. The SMILES string of the molecule is CCOC(=O)c1cnn(-c2nc(OC)c3c(cnn3Cc3ccc(-c4ccccc4F)c(F)c3F)n2)c1. The van der Waals surface area contributed by atoms with Gasteiger partial charge in [0.05, 0.1) is 38.2 Å². The molecule has 0 bridgehead atoms. The highest BCUT2D eigenvalue weighted by atomic mass is 19.2. The lowest BCUT2D eigenvalue weighted by molar-refractivity contribution is 0.0526. The molecular weight excluding hydrogens is 489 g/mol. The number of ether oxygens (including phenoxy) is 2. The molecule has 0 amide bonds. The average molecular weight is 508 g/mol. The molecule has 0 unspecified atom stereocenters. The van der Waals surface area contributed by atoms with Gasteiger partial charge in [-0.05, 0) is 13.0 Å². The first-order chi connectivity index (χ1) is 17.9. The van der Waals surface area contributed by atoms with Crippen LogP contribution < -0.4 is 4.74 Å². The summed E-state index contributed by atoms with van der Waals surface area (Å²) in [7, 11) is 1.39. The number of nitrogens with zero attached hydrogens (tertiary/aromatic N) is 6. The minimum atomic E-state index is -1.17. The highest BCUT2D eigenvalue weighted by Crippen LogP contribution is 2.30. The molecule has 0 saturated heterocycles. The first-order valence-electron chi connectivity index (χ1n) is 11.1. The van der Waals surface area contributed by atoms with Gasteiger partial charge in [-0.3, -0.25) is 4.68 Å². The summed E-state index contributed by atoms with van der Waals surface area (Å²) in [6.07, 6.45) is 4.16. The smallest absolute Gasteiger partial charge is 0.341 e. The van der Waals surface area contributed by atoms with Gasteiger partial charge in [-0.2, -0.15) is 15.2 Å². The number of fused-ring (bicyclic) bond motifs is 1. The molecule has 0 atom stereocenters. The van der Waals surface area contributed by atoms with Crippen molar-refractivity contribution in [2.24, 2.45) is 0 Å². The van der Waals surface area contributed by atoms with Crippen molar-refractivity contribution in [2.45, 2.75) is 13.5 Å². The third kappa shape index (κ3) is 4.37. The van der Waals surface area contributed by atoms with Crippen LogP contribution in [0.5, 0.6) is 5.88 Å². The molecular formula is C25H19F3N6O3. The summed E-state index contributed by atoms with van der Waals surface area (Å²) in [5.74, 6) is -3.27. The molecule has 0 aliphatic carbocycles. The van der Waals surface area contributed by atoms with Crippen LogP contribution in [0.4, 0.5) is 13.2 Å². The molecule has 2 aromatic carbocycles. The van der Waals surface area contributed by atoms with Gasteiger partial charge in [0.25, 0.3) is 5.95 Å². The van der Waals surface area contributed by atoms with Crippen molar-refractivity contribution in [3.8, 4) is 23.0 Å². The van der Waals surface area contributed by atoms with E-state index in [1.807, 2.05) is 0 Å². The molecule has 0 radical (unpaired) electrons. The number of rotatable bonds is 7. The van der Waals surface area contributed by atoms with Crippen molar-refractivity contribution in [2.75, 3.05) is 13.7 Å². The van der Waals surface area contributed by atoms with Crippen LogP contribution in [-0.2, 0) is 11.3 Å². The van der Waals surface area contributed by atoms with E-state index in [0.717, 1.165) is 0 Å². The standard InChI is InChI=1S/C25H19F3N6O3/c1-3-37-24(35)15-10-29-34(13-15)25-31-19-11-30-33(22(19)23(32-25)36-2)12-14-8-9-17(21(28)20(14)27)16-6-4-5-7-18(16)26/h4-11,13H,3,12H2,1-2H3. The topological polar surface area (TPSA) is 97.0 Å². The fourth-order valence-corrected chi connectivity index (χ4v) is 3.83. The Hall–Kier alpha value is -4.74. The Morgan fingerprint density at radius 1 is 0.973 bits per heavy atom. The summed E-state index contributed by atoms with van der Waals surface area (Å²) in [6.45, 7) is 1.74. The molecule has 0 N–H and O–H groups in total. The molecule has 0 aliphatic rings. The number of esters is 1. The minimum Gasteiger partial charge on any atom is -0.479 e. The number of methoxy groups -OCH3 is 1. The maximum Gasteiger partial charge on any atom is 0.341 e. The van der Waals surface area contributed by atoms with Gasteiger partial charge in [0.2, 0.25) is 5.88 Å². The van der Waals surface area contributed by atoms with Crippen molar-refractivity contribution in [3.63, 3.8) is 0 Å². The second-order valence-electron chi connectivity index (χ2n) is 7.84. The van der Waals surface area contributed by atoms with Crippen LogP contribution in [0, 0.1) is 17.5 Å². The lowest BCUT2D eigenvalue weighted by Gasteiger charge is -2.11. The fourth-order valence-electron chi connectivity index (χ4n) is 3.83. The molecule has 37 heavy (non-hydrogen) atoms. The van der Waals surface area contributed by atoms with E-state index in [1.54, 1.807) is 13.0 Å². The Balaban J connectivity index is 1.49. The predicted octanol–water partition coefficient (Wildman–Crippen LogP) is 4.33. The van der Waals surface area contributed by atoms with Crippen LogP contribution in [0.3, 0.4) is 0 Å². The molecule has 0 aliphatic heterocycles. The maximum atomic E-state index is 15.0. The second kappa shape index (κ2) is 9.72. The summed E-state index contributed by atoms with van der Waals surface area (Å²) < 4.78 is 57.1. The van der Waals surface area contributed by atoms with Crippen LogP contribution in [0.1, 0.15) is 22.8 Å². The molecule has 5 aromatic rings. The zero-order valence-corrected chi connectivity index (χ0v) is 19.7. The molecule has 0 spiro atoms. The van der Waals surface area contributed by atoms with Gasteiger partial charge in [-0.1, -0.05) is 30.3 Å². The van der Waals surface area contributed by atoms with E-state index in [2.05, 4.69) is 20.2 Å². The molecule has 3 heterocycles. The van der Waals surface area contributed by atoms with Gasteiger partial charge in [-0.15, -0.1) is 0 Å². The number of hydrogen-bond donors (Lipinski definition) is 0. The average Bonchev–Trinajstić information content (AvgIpc) is 3.55. The summed E-state index contributed by atoms with van der Waals surface area (Å²) in [5, 5.41) is 8.34. The molecule has 0 fully saturated rings. The van der Waals surface area contributed by atoms with E-state index in [-0.39, 0.29) is 47.2 Å². The molecule has 188 valence electrons. The number of hydrogen-bond acceptors (Lipinski definition) is 7. The van der Waals surface area contributed by atoms with Gasteiger partial charge in [-0.25, -0.2) is 27.6 Å². The first-order valence-corrected chi connectivity index (χ1v) is 11.1. The predicted molar refractivity (Wildman–Crippen MR) is 126 cm³/mol. The summed E-state index contributed by atoms with van der Waals surface area (Å²) in [4.78, 5) is 20.7. The zero-order valence-electron chi connectivity index (χ0n) is 19.7. The van der Waals surface area contributed by atoms with Crippen molar-refractivity contribution in [1.82, 2.24) is 29.5 Å². The van der Waals surface area contributed by atoms with E-state index in [1.165, 1.54) is 65.4 Å². The van der Waals surface area contributed by atoms with Gasteiger partial charge in [0, 0.05) is 22.9 Å². The molecule has 0 saturated carbocycles. The maximum absolute atomic E-state index is 15.0. The highest BCUT2D eigenvalue weighted by Gasteiger charge is 2.21. The summed E-state index contributed by atoms with van der Waals surface area (Å²) in [5.41, 5.74) is 0.663. The van der Waals surface area contributed by atoms with Gasteiger partial charge in [0.15, 0.2) is 11.6 Å². The Kier molecular flexibility index (Phi) is 6.30. The largest absolute Gasteiger partial charge is 0.479 e. The lowest BCUT2D eigenvalue weighted by atomic mass is 10.0. The van der Waals surface area contributed by atoms with E-state index >= 15 is 4.39 Å². The summed E-state index contributed by atoms with van der Waals surface area (Å²) in [6, 6.07) is 8.26. The first kappa shape index (κ1) is 24.0. The lowest BCUT2D eigenvalue weighted by Crippen LogP contribution is -2.09. The van der Waals surface area contributed by atoms with Gasteiger partial charge < -0.3 is 9.47 Å². The molecule has 12 heteroatoms. The third-order valence-corrected chi connectivity index (χ3v) is 5.58. The van der Waals surface area contributed by atoms with E-state index < -0.39 is 23.4 Å². The van der Waals surface area contributed by atoms with Crippen LogP contribution in [0.25, 0.3) is 28.1 Å². The van der Waals surface area contributed by atoms with E-state index in [9.17, 15) is 13.6 Å². The normalized spacial score (nSPS) is 11.2. The number of carbonyl (C=O) groups is 1. The number of benzene rings is 2. The number of aromatic nitrogens is 6. The quantitative estimate of drug-likeness (QED) is 0.302. The highest BCUT2D eigenvalue weighted by molar-refractivity contribution is 5.88. The van der Waals surface area contributed by atoms with Crippen molar-refractivity contribution < 1.29 is 27.4 Å². The zero-order chi connectivity index (χ0) is 26.1. The van der Waals surface area contributed by atoms with Crippen molar-refractivity contribution in [3.05, 3.63) is 83.6 Å². The molecule has 3 aromatic heterocycles. The Bertz CT molecular complexity index is 1630. The van der Waals surface area contributed by atoms with Gasteiger partial charge in [0.1, 0.15) is 16.9 Å². The Morgan fingerprint density at radius 2 is 1.78 bits per heavy atom. The monoisotopic (exact) mass is 508 g/mol. The van der Waals surface area contributed by atoms with Crippen molar-refractivity contribution >= 4 is 17.0 Å². The Labute approximate surface area is 208 Å². The Morgan fingerprint density at radius 3 is 2.54 bits per heavy atom. The molecule has 5 rings (SSSR count). The van der Waals surface area contributed by atoms with Crippen molar-refractivity contribution in [1.29, 1.82) is 0 Å². The van der Waals surface area contributed by atoms with E-state index in [4.69, 9.17) is 9.47 Å². The van der Waals surface area contributed by atoms with Crippen LogP contribution in [0.2, 0.25) is 0 Å².